The van der Waals surface area contributed by atoms with E-state index in [2.05, 4.69) is 18.3 Å². The maximum atomic E-state index is 12.2. The van der Waals surface area contributed by atoms with Crippen LogP contribution in [0.1, 0.15) is 37.1 Å². The molecule has 0 bridgehead atoms. The predicted molar refractivity (Wildman–Crippen MR) is 67.8 cm³/mol. The van der Waals surface area contributed by atoms with Crippen LogP contribution in [-0.2, 0) is 13.1 Å². The standard InChI is InChI=1S/C13H22N2O/c1-5-7-15-11(4)8-10(3)12(13(15)16)9-14-6-2/h8,14H,5-7,9H2,1-4H3. The van der Waals surface area contributed by atoms with E-state index in [0.717, 1.165) is 36.3 Å². The maximum Gasteiger partial charge on any atom is 0.255 e. The number of hydrogen-bond donors (Lipinski definition) is 1. The van der Waals surface area contributed by atoms with Crippen LogP contribution in [0.15, 0.2) is 10.9 Å². The lowest BCUT2D eigenvalue weighted by Crippen LogP contribution is -2.29. The van der Waals surface area contributed by atoms with Gasteiger partial charge in [-0.15, -0.1) is 0 Å². The molecule has 1 heterocycles. The Bertz CT molecular complexity index is 407. The summed E-state index contributed by atoms with van der Waals surface area (Å²) in [4.78, 5) is 12.2. The fourth-order valence-electron chi connectivity index (χ4n) is 1.94. The average molecular weight is 222 g/mol. The van der Waals surface area contributed by atoms with Crippen LogP contribution in [-0.4, -0.2) is 11.1 Å². The van der Waals surface area contributed by atoms with Gasteiger partial charge in [0.15, 0.2) is 0 Å². The summed E-state index contributed by atoms with van der Waals surface area (Å²) in [5, 5.41) is 3.22. The molecule has 90 valence electrons. The first-order valence-corrected chi connectivity index (χ1v) is 6.02. The Morgan fingerprint density at radius 1 is 1.31 bits per heavy atom. The van der Waals surface area contributed by atoms with E-state index in [4.69, 9.17) is 0 Å². The van der Waals surface area contributed by atoms with Gasteiger partial charge in [0.05, 0.1) is 0 Å². The molecule has 0 spiro atoms. The largest absolute Gasteiger partial charge is 0.313 e. The quantitative estimate of drug-likeness (QED) is 0.826. The van der Waals surface area contributed by atoms with Crippen molar-refractivity contribution in [2.24, 2.45) is 0 Å². The van der Waals surface area contributed by atoms with Crippen molar-refractivity contribution in [1.82, 2.24) is 9.88 Å². The number of rotatable bonds is 5. The third-order valence-electron chi connectivity index (χ3n) is 2.83. The second-order valence-electron chi connectivity index (χ2n) is 4.18. The van der Waals surface area contributed by atoms with Crippen LogP contribution >= 0.6 is 0 Å². The van der Waals surface area contributed by atoms with Crippen molar-refractivity contribution in [3.63, 3.8) is 0 Å². The molecule has 0 aromatic carbocycles. The molecule has 3 heteroatoms. The molecule has 0 saturated carbocycles. The molecule has 3 nitrogen and oxygen atoms in total. The normalized spacial score (nSPS) is 10.8. The molecule has 0 amide bonds. The first-order valence-electron chi connectivity index (χ1n) is 6.02. The maximum absolute atomic E-state index is 12.2. The summed E-state index contributed by atoms with van der Waals surface area (Å²) in [6.45, 7) is 10.5. The summed E-state index contributed by atoms with van der Waals surface area (Å²) in [5.74, 6) is 0. The third kappa shape index (κ3) is 2.73. The van der Waals surface area contributed by atoms with Crippen molar-refractivity contribution < 1.29 is 0 Å². The number of nitrogens with one attached hydrogen (secondary N) is 1. The number of hydrogen-bond acceptors (Lipinski definition) is 2. The highest BCUT2D eigenvalue weighted by Crippen LogP contribution is 2.06. The van der Waals surface area contributed by atoms with Crippen LogP contribution in [0, 0.1) is 13.8 Å². The topological polar surface area (TPSA) is 34.0 Å². The summed E-state index contributed by atoms with van der Waals surface area (Å²) in [7, 11) is 0. The number of aryl methyl sites for hydroxylation is 2. The van der Waals surface area contributed by atoms with E-state index < -0.39 is 0 Å². The monoisotopic (exact) mass is 222 g/mol. The van der Waals surface area contributed by atoms with Crippen LogP contribution in [0.4, 0.5) is 0 Å². The van der Waals surface area contributed by atoms with Gasteiger partial charge in [-0.05, 0) is 38.4 Å². The molecule has 0 fully saturated rings. The van der Waals surface area contributed by atoms with Crippen molar-refractivity contribution >= 4 is 0 Å². The highest BCUT2D eigenvalue weighted by molar-refractivity contribution is 5.26. The lowest BCUT2D eigenvalue weighted by atomic mass is 10.1. The Labute approximate surface area is 97.5 Å². The SMILES string of the molecule is CCCn1c(C)cc(C)c(CNCC)c1=O. The number of nitrogens with zero attached hydrogens (tertiary/aromatic N) is 1. The second-order valence-corrected chi connectivity index (χ2v) is 4.18. The van der Waals surface area contributed by atoms with E-state index >= 15 is 0 Å². The summed E-state index contributed by atoms with van der Waals surface area (Å²) in [6, 6.07) is 2.10. The van der Waals surface area contributed by atoms with Gasteiger partial charge in [-0.25, -0.2) is 0 Å². The van der Waals surface area contributed by atoms with E-state index in [1.54, 1.807) is 0 Å². The van der Waals surface area contributed by atoms with Gasteiger partial charge in [0.1, 0.15) is 0 Å². The lowest BCUT2D eigenvalue weighted by Gasteiger charge is -2.13. The Morgan fingerprint density at radius 3 is 2.56 bits per heavy atom. The highest BCUT2D eigenvalue weighted by Gasteiger charge is 2.08. The van der Waals surface area contributed by atoms with Crippen LogP contribution in [0.2, 0.25) is 0 Å². The zero-order valence-electron chi connectivity index (χ0n) is 10.8. The van der Waals surface area contributed by atoms with Crippen molar-refractivity contribution in [1.29, 1.82) is 0 Å². The van der Waals surface area contributed by atoms with Gasteiger partial charge in [-0.1, -0.05) is 13.8 Å². The van der Waals surface area contributed by atoms with Crippen molar-refractivity contribution in [2.75, 3.05) is 6.54 Å². The van der Waals surface area contributed by atoms with Gasteiger partial charge in [-0.2, -0.15) is 0 Å². The van der Waals surface area contributed by atoms with Crippen LogP contribution in [0.5, 0.6) is 0 Å². The van der Waals surface area contributed by atoms with Gasteiger partial charge < -0.3 is 9.88 Å². The molecule has 1 aromatic heterocycles. The Hall–Kier alpha value is -1.09. The van der Waals surface area contributed by atoms with E-state index in [1.165, 1.54) is 0 Å². The summed E-state index contributed by atoms with van der Waals surface area (Å²) >= 11 is 0. The highest BCUT2D eigenvalue weighted by atomic mass is 16.1. The number of pyridine rings is 1. The minimum absolute atomic E-state index is 0.167. The molecule has 1 aromatic rings. The average Bonchev–Trinajstić information content (AvgIpc) is 2.24. The number of aromatic nitrogens is 1. The predicted octanol–water partition coefficient (Wildman–Crippen LogP) is 1.98. The van der Waals surface area contributed by atoms with Crippen LogP contribution in [0.3, 0.4) is 0 Å². The smallest absolute Gasteiger partial charge is 0.255 e. The van der Waals surface area contributed by atoms with E-state index in [-0.39, 0.29) is 5.56 Å². The van der Waals surface area contributed by atoms with E-state index in [1.807, 2.05) is 25.3 Å². The van der Waals surface area contributed by atoms with Crippen molar-refractivity contribution in [3.05, 3.63) is 33.2 Å². The van der Waals surface area contributed by atoms with E-state index in [9.17, 15) is 4.79 Å². The Morgan fingerprint density at radius 2 is 2.00 bits per heavy atom. The van der Waals surface area contributed by atoms with E-state index in [0.29, 0.717) is 6.54 Å². The molecule has 16 heavy (non-hydrogen) atoms. The molecule has 0 atom stereocenters. The second kappa shape index (κ2) is 5.85. The van der Waals surface area contributed by atoms with Gasteiger partial charge in [0.2, 0.25) is 0 Å². The summed E-state index contributed by atoms with van der Waals surface area (Å²) in [5.41, 5.74) is 3.22. The Balaban J connectivity index is 3.17. The molecule has 1 N–H and O–H groups in total. The molecular weight excluding hydrogens is 200 g/mol. The Kier molecular flexibility index (Phi) is 4.74. The van der Waals surface area contributed by atoms with Crippen LogP contribution < -0.4 is 10.9 Å². The summed E-state index contributed by atoms with van der Waals surface area (Å²) < 4.78 is 1.87. The summed E-state index contributed by atoms with van der Waals surface area (Å²) in [6.07, 6.45) is 0.991. The zero-order valence-corrected chi connectivity index (χ0v) is 10.8. The third-order valence-corrected chi connectivity index (χ3v) is 2.83. The fourth-order valence-corrected chi connectivity index (χ4v) is 1.94. The van der Waals surface area contributed by atoms with Gasteiger partial charge in [0.25, 0.3) is 5.56 Å². The molecule has 0 radical (unpaired) electrons. The molecule has 0 aliphatic rings. The molecule has 0 unspecified atom stereocenters. The van der Waals surface area contributed by atoms with Crippen LogP contribution in [0.25, 0.3) is 0 Å². The fraction of sp³-hybridized carbons (Fsp3) is 0.615. The minimum Gasteiger partial charge on any atom is -0.313 e. The van der Waals surface area contributed by atoms with Crippen molar-refractivity contribution in [3.8, 4) is 0 Å². The molecular formula is C13H22N2O. The molecule has 0 saturated heterocycles. The van der Waals surface area contributed by atoms with Gasteiger partial charge >= 0.3 is 0 Å². The first-order chi connectivity index (χ1) is 7.61. The van der Waals surface area contributed by atoms with Crippen molar-refractivity contribution in [2.45, 2.75) is 47.2 Å². The van der Waals surface area contributed by atoms with Gasteiger partial charge in [0, 0.05) is 24.3 Å². The zero-order chi connectivity index (χ0) is 12.1. The lowest BCUT2D eigenvalue weighted by molar-refractivity contribution is 0.616. The molecule has 0 aliphatic carbocycles. The molecule has 0 aliphatic heterocycles. The molecule has 1 rings (SSSR count). The first kappa shape index (κ1) is 13.0. The minimum atomic E-state index is 0.167. The van der Waals surface area contributed by atoms with Gasteiger partial charge in [-0.3, -0.25) is 4.79 Å².